The molecule has 0 saturated heterocycles. The highest BCUT2D eigenvalue weighted by molar-refractivity contribution is 6.31. The molecule has 6 heteroatoms. The number of carbonyl (C=O) groups is 2. The predicted octanol–water partition coefficient (Wildman–Crippen LogP) is 6.54. The van der Waals surface area contributed by atoms with Crippen LogP contribution in [-0.4, -0.2) is 16.8 Å². The van der Waals surface area contributed by atoms with Gasteiger partial charge in [0.2, 0.25) is 0 Å². The molecule has 0 unspecified atom stereocenters. The third-order valence-corrected chi connectivity index (χ3v) is 7.73. The van der Waals surface area contributed by atoms with Crippen LogP contribution in [0.1, 0.15) is 55.7 Å². The Kier molecular flexibility index (Phi) is 6.36. The summed E-state index contributed by atoms with van der Waals surface area (Å²) in [4.78, 5) is 28.8. The molecule has 3 aromatic carbocycles. The summed E-state index contributed by atoms with van der Waals surface area (Å²) in [6, 6.07) is 12.1. The summed E-state index contributed by atoms with van der Waals surface area (Å²) in [5.41, 5.74) is 5.31. The number of ketones is 1. The highest BCUT2D eigenvalue weighted by Crippen LogP contribution is 2.45. The van der Waals surface area contributed by atoms with Crippen LogP contribution in [-0.2, 0) is 16.9 Å². The number of carbonyl (C=O) groups excluding carboxylic acids is 2. The fourth-order valence-corrected chi connectivity index (χ4v) is 5.16. The van der Waals surface area contributed by atoms with Gasteiger partial charge in [-0.25, -0.2) is 0 Å². The Labute approximate surface area is 210 Å². The number of aliphatic hydroxyl groups is 1. The largest absolute Gasteiger partial charge is 0.375 e. The van der Waals surface area contributed by atoms with E-state index in [0.717, 1.165) is 33.4 Å². The van der Waals surface area contributed by atoms with E-state index in [1.54, 1.807) is 30.3 Å². The van der Waals surface area contributed by atoms with Crippen LogP contribution >= 0.6 is 23.2 Å². The van der Waals surface area contributed by atoms with Gasteiger partial charge in [-0.2, -0.15) is 0 Å². The predicted molar refractivity (Wildman–Crippen MR) is 137 cm³/mol. The monoisotopic (exact) mass is 495 g/mol. The number of amides is 1. The van der Waals surface area contributed by atoms with Gasteiger partial charge in [-0.3, -0.25) is 9.59 Å². The second-order valence-corrected chi connectivity index (χ2v) is 10.0. The van der Waals surface area contributed by atoms with Crippen LogP contribution in [0.3, 0.4) is 0 Å². The molecule has 1 heterocycles. The molecule has 0 bridgehead atoms. The molecule has 176 valence electrons. The van der Waals surface area contributed by atoms with Gasteiger partial charge in [-0.05, 0) is 98.3 Å². The maximum Gasteiger partial charge on any atom is 0.264 e. The lowest BCUT2D eigenvalue weighted by Gasteiger charge is -2.24. The normalized spacial score (nSPS) is 17.3. The van der Waals surface area contributed by atoms with Crippen molar-refractivity contribution in [3.8, 4) is 0 Å². The summed E-state index contributed by atoms with van der Waals surface area (Å²) in [6.07, 6.45) is -0.361. The third-order valence-electron chi connectivity index (χ3n) is 7.24. The number of fused-ring (bicyclic) bond motifs is 1. The number of hydrogen-bond donors (Lipinski definition) is 1. The van der Waals surface area contributed by atoms with Crippen molar-refractivity contribution in [3.63, 3.8) is 0 Å². The number of rotatable bonds is 5. The van der Waals surface area contributed by atoms with E-state index >= 15 is 0 Å². The first-order chi connectivity index (χ1) is 16.0. The summed E-state index contributed by atoms with van der Waals surface area (Å²) in [7, 11) is 0. The van der Waals surface area contributed by atoms with Crippen molar-refractivity contribution in [2.24, 2.45) is 0 Å². The summed E-state index contributed by atoms with van der Waals surface area (Å²) < 4.78 is 0. The van der Waals surface area contributed by atoms with Crippen molar-refractivity contribution in [2.45, 2.75) is 53.2 Å². The van der Waals surface area contributed by atoms with Crippen LogP contribution in [0.15, 0.2) is 42.5 Å². The minimum Gasteiger partial charge on any atom is -0.375 e. The molecule has 0 fully saturated rings. The molecule has 0 radical (unpaired) electrons. The molecule has 0 saturated carbocycles. The molecule has 4 rings (SSSR count). The van der Waals surface area contributed by atoms with E-state index < -0.39 is 11.5 Å². The average molecular weight is 496 g/mol. The number of halogens is 2. The lowest BCUT2D eigenvalue weighted by Crippen LogP contribution is -2.41. The summed E-state index contributed by atoms with van der Waals surface area (Å²) in [5.74, 6) is -0.805. The fraction of sp³-hybridized carbons (Fsp3) is 0.286. The molecule has 0 aromatic heterocycles. The minimum atomic E-state index is -2.00. The van der Waals surface area contributed by atoms with Gasteiger partial charge in [0, 0.05) is 21.2 Å². The van der Waals surface area contributed by atoms with Crippen LogP contribution in [0.25, 0.3) is 0 Å². The number of anilines is 1. The molecule has 4 nitrogen and oxygen atoms in total. The van der Waals surface area contributed by atoms with Crippen molar-refractivity contribution in [2.75, 3.05) is 4.90 Å². The lowest BCUT2D eigenvalue weighted by molar-refractivity contribution is -0.136. The SMILES string of the molecule is Cc1c(C)c(C)c(C(=O)C[C@@]2(O)C(=O)N(Cc3ccc(Cl)cc3)c3ccc(Cl)cc32)c(C)c1C. The highest BCUT2D eigenvalue weighted by Gasteiger charge is 2.51. The quantitative estimate of drug-likeness (QED) is 0.408. The Morgan fingerprint density at radius 1 is 0.853 bits per heavy atom. The Morgan fingerprint density at radius 3 is 1.97 bits per heavy atom. The number of nitrogens with zero attached hydrogens (tertiary/aromatic N) is 1. The highest BCUT2D eigenvalue weighted by atomic mass is 35.5. The molecule has 0 spiro atoms. The number of benzene rings is 3. The smallest absolute Gasteiger partial charge is 0.264 e. The van der Waals surface area contributed by atoms with Crippen LogP contribution < -0.4 is 4.90 Å². The number of hydrogen-bond acceptors (Lipinski definition) is 3. The van der Waals surface area contributed by atoms with Gasteiger partial charge in [-0.1, -0.05) is 35.3 Å². The van der Waals surface area contributed by atoms with Crippen molar-refractivity contribution < 1.29 is 14.7 Å². The standard InChI is InChI=1S/C28H27Cl2NO3/c1-15-16(2)18(4)26(19(5)17(15)3)25(32)13-28(34)23-12-22(30)10-11-24(23)31(27(28)33)14-20-6-8-21(29)9-7-20/h6-12,34H,13-14H2,1-5H3/t28-/m0/s1. The van der Waals surface area contributed by atoms with Crippen molar-refractivity contribution in [1.82, 2.24) is 0 Å². The molecular weight excluding hydrogens is 469 g/mol. The molecule has 1 N–H and O–H groups in total. The van der Waals surface area contributed by atoms with Crippen LogP contribution in [0, 0.1) is 34.6 Å². The van der Waals surface area contributed by atoms with E-state index in [1.165, 1.54) is 4.90 Å². The maximum absolute atomic E-state index is 13.6. The topological polar surface area (TPSA) is 57.6 Å². The van der Waals surface area contributed by atoms with E-state index in [2.05, 4.69) is 0 Å². The first-order valence-corrected chi connectivity index (χ1v) is 11.9. The third kappa shape index (κ3) is 3.94. The first kappa shape index (κ1) is 24.5. The van der Waals surface area contributed by atoms with Crippen LogP contribution in [0.4, 0.5) is 5.69 Å². The Bertz CT molecular complexity index is 1300. The van der Waals surface area contributed by atoms with E-state index in [1.807, 2.05) is 46.8 Å². The molecule has 0 aliphatic carbocycles. The molecule has 34 heavy (non-hydrogen) atoms. The second-order valence-electron chi connectivity index (χ2n) is 9.14. The summed E-state index contributed by atoms with van der Waals surface area (Å²) in [5, 5.41) is 12.7. The summed E-state index contributed by atoms with van der Waals surface area (Å²) >= 11 is 12.2. The minimum absolute atomic E-state index is 0.238. The van der Waals surface area contributed by atoms with Gasteiger partial charge < -0.3 is 10.0 Å². The summed E-state index contributed by atoms with van der Waals surface area (Å²) in [6.45, 7) is 10.1. The number of Topliss-reactive ketones (excluding diaryl/α,β-unsaturated/α-hetero) is 1. The zero-order valence-corrected chi connectivity index (χ0v) is 21.4. The van der Waals surface area contributed by atoms with Gasteiger partial charge in [-0.15, -0.1) is 0 Å². The van der Waals surface area contributed by atoms with E-state index in [9.17, 15) is 14.7 Å². The van der Waals surface area contributed by atoms with E-state index in [0.29, 0.717) is 26.9 Å². The molecular formula is C28H27Cl2NO3. The van der Waals surface area contributed by atoms with Crippen LogP contribution in [0.2, 0.25) is 10.0 Å². The second kappa shape index (κ2) is 8.84. The maximum atomic E-state index is 13.6. The lowest BCUT2D eigenvalue weighted by atomic mass is 9.82. The molecule has 1 atom stereocenters. The van der Waals surface area contributed by atoms with Crippen molar-refractivity contribution in [3.05, 3.63) is 97.0 Å². The van der Waals surface area contributed by atoms with Gasteiger partial charge in [0.25, 0.3) is 5.91 Å². The Hall–Kier alpha value is -2.66. The molecule has 3 aromatic rings. The van der Waals surface area contributed by atoms with Gasteiger partial charge in [0.1, 0.15) is 0 Å². The van der Waals surface area contributed by atoms with Gasteiger partial charge >= 0.3 is 0 Å². The van der Waals surface area contributed by atoms with Gasteiger partial charge in [0.15, 0.2) is 11.4 Å². The fourth-order valence-electron chi connectivity index (χ4n) is 4.86. The van der Waals surface area contributed by atoms with Crippen molar-refractivity contribution >= 4 is 40.6 Å². The van der Waals surface area contributed by atoms with Crippen molar-refractivity contribution in [1.29, 1.82) is 0 Å². The zero-order valence-electron chi connectivity index (χ0n) is 19.9. The Balaban J connectivity index is 1.76. The van der Waals surface area contributed by atoms with E-state index in [4.69, 9.17) is 23.2 Å². The first-order valence-electron chi connectivity index (χ1n) is 11.1. The van der Waals surface area contributed by atoms with Crippen LogP contribution in [0.5, 0.6) is 0 Å². The molecule has 1 aliphatic heterocycles. The zero-order chi connectivity index (χ0) is 24.9. The average Bonchev–Trinajstić information content (AvgIpc) is 2.99. The molecule has 1 aliphatic rings. The Morgan fingerprint density at radius 2 is 1.38 bits per heavy atom. The molecule has 1 amide bonds. The van der Waals surface area contributed by atoms with E-state index in [-0.39, 0.29) is 18.7 Å². The van der Waals surface area contributed by atoms with Gasteiger partial charge in [0.05, 0.1) is 18.7 Å².